The Kier molecular flexibility index (Phi) is 14.3. The molecule has 9 nitrogen and oxygen atoms in total. The molecule has 0 radical (unpaired) electrons. The van der Waals surface area contributed by atoms with Crippen molar-refractivity contribution >= 4 is 59.2 Å². The smallest absolute Gasteiger partial charge is 0.319 e. The minimum atomic E-state index is -0.517. The number of halogens is 2. The molecule has 11 heteroatoms. The van der Waals surface area contributed by atoms with Crippen LogP contribution in [0.15, 0.2) is 30.5 Å². The molecular formula is C26H39Cl2N5O4. The summed E-state index contributed by atoms with van der Waals surface area (Å²) in [6.07, 6.45) is 6.19. The number of nitrogens with zero attached hydrogens (tertiary/aromatic N) is 2. The lowest BCUT2D eigenvalue weighted by Crippen LogP contribution is -2.53. The Balaban J connectivity index is 0.00000342. The van der Waals surface area contributed by atoms with Crippen LogP contribution in [0.3, 0.4) is 0 Å². The van der Waals surface area contributed by atoms with Crippen molar-refractivity contribution in [3.63, 3.8) is 0 Å². The summed E-state index contributed by atoms with van der Waals surface area (Å²) in [5, 5.41) is 7.89. The first-order valence-electron chi connectivity index (χ1n) is 12.5. The molecule has 4 N–H and O–H groups in total. The lowest BCUT2D eigenvalue weighted by Gasteiger charge is -2.28. The molecule has 1 fully saturated rings. The molecule has 0 unspecified atom stereocenters. The van der Waals surface area contributed by atoms with Crippen LogP contribution in [0.2, 0.25) is 0 Å². The number of unbranched alkanes of at least 4 members (excludes halogenated alkanes) is 1. The van der Waals surface area contributed by atoms with E-state index in [1.807, 2.05) is 31.2 Å². The number of nitrogens with two attached hydrogens (primary N) is 1. The Morgan fingerprint density at radius 3 is 2.70 bits per heavy atom. The third kappa shape index (κ3) is 9.02. The van der Waals surface area contributed by atoms with Crippen LogP contribution in [0.4, 0.5) is 5.82 Å². The zero-order valence-electron chi connectivity index (χ0n) is 21.5. The van der Waals surface area contributed by atoms with E-state index >= 15 is 0 Å². The van der Waals surface area contributed by atoms with Crippen molar-refractivity contribution in [3.05, 3.63) is 36.0 Å². The topological polar surface area (TPSA) is 127 Å². The Hall–Kier alpha value is -2.62. The molecule has 0 spiro atoms. The van der Waals surface area contributed by atoms with Crippen LogP contribution in [0.25, 0.3) is 10.8 Å². The summed E-state index contributed by atoms with van der Waals surface area (Å²) in [5.74, 6) is -0.192. The number of carbonyl (C=O) groups is 3. The van der Waals surface area contributed by atoms with Crippen molar-refractivity contribution in [2.75, 3.05) is 25.4 Å². The van der Waals surface area contributed by atoms with Crippen molar-refractivity contribution in [2.24, 2.45) is 0 Å². The van der Waals surface area contributed by atoms with E-state index in [0.717, 1.165) is 42.0 Å². The molecule has 0 aliphatic carbocycles. The molecule has 0 bridgehead atoms. The minimum absolute atomic E-state index is 0. The number of benzene rings is 1. The SMILES string of the molecule is CCCC[C@@H](NCC(=O)OCCC)C(=O)N1CCC[C@H]1C(=O)NCc1ccc2c(N)nccc2c1.Cl.Cl. The summed E-state index contributed by atoms with van der Waals surface area (Å²) < 4.78 is 5.12. The lowest BCUT2D eigenvalue weighted by molar-refractivity contribution is -0.144. The van der Waals surface area contributed by atoms with Crippen LogP contribution < -0.4 is 16.4 Å². The number of rotatable bonds is 12. The molecule has 1 aliphatic heterocycles. The van der Waals surface area contributed by atoms with Crippen molar-refractivity contribution in [1.82, 2.24) is 20.5 Å². The molecular weight excluding hydrogens is 517 g/mol. The van der Waals surface area contributed by atoms with Crippen molar-refractivity contribution in [1.29, 1.82) is 0 Å². The van der Waals surface area contributed by atoms with E-state index in [-0.39, 0.29) is 49.1 Å². The Labute approximate surface area is 231 Å². The van der Waals surface area contributed by atoms with E-state index in [2.05, 4.69) is 22.5 Å². The maximum atomic E-state index is 13.4. The number of likely N-dealkylation sites (tertiary alicyclic amines) is 1. The Morgan fingerprint density at radius 1 is 1.19 bits per heavy atom. The van der Waals surface area contributed by atoms with Gasteiger partial charge in [0.15, 0.2) is 0 Å². The number of esters is 1. The first kappa shape index (κ1) is 32.4. The number of carbonyl (C=O) groups excluding carboxylic acids is 3. The molecule has 2 amide bonds. The summed E-state index contributed by atoms with van der Waals surface area (Å²) in [6, 6.07) is 6.65. The van der Waals surface area contributed by atoms with E-state index in [1.54, 1.807) is 11.1 Å². The number of anilines is 1. The molecule has 1 saturated heterocycles. The highest BCUT2D eigenvalue weighted by Gasteiger charge is 2.36. The highest BCUT2D eigenvalue weighted by atomic mass is 35.5. The fraction of sp³-hybridized carbons (Fsp3) is 0.538. The van der Waals surface area contributed by atoms with Gasteiger partial charge in [-0.25, -0.2) is 4.98 Å². The van der Waals surface area contributed by atoms with Gasteiger partial charge in [-0.15, -0.1) is 24.8 Å². The largest absolute Gasteiger partial charge is 0.465 e. The standard InChI is InChI=1S/C26H37N5O4.2ClH/c1-3-5-7-21(29-17-23(32)35-14-4-2)26(34)31-13-6-8-22(31)25(33)30-16-18-9-10-20-19(15-18)11-12-28-24(20)27;;/h9-12,15,21-22,29H,3-8,13-14,16-17H2,1-2H3,(H2,27,28)(H,30,33);2*1H/t21-,22+;;/m1../s1. The summed E-state index contributed by atoms with van der Waals surface area (Å²) in [6.45, 7) is 5.22. The van der Waals surface area contributed by atoms with Crippen LogP contribution in [-0.2, 0) is 25.7 Å². The molecule has 1 aliphatic rings. The fourth-order valence-corrected chi connectivity index (χ4v) is 4.37. The third-order valence-corrected chi connectivity index (χ3v) is 6.27. The summed E-state index contributed by atoms with van der Waals surface area (Å²) in [4.78, 5) is 44.1. The summed E-state index contributed by atoms with van der Waals surface area (Å²) in [7, 11) is 0. The van der Waals surface area contributed by atoms with Crippen LogP contribution >= 0.6 is 24.8 Å². The van der Waals surface area contributed by atoms with Crippen LogP contribution in [-0.4, -0.2) is 59.4 Å². The van der Waals surface area contributed by atoms with Gasteiger partial charge in [0, 0.05) is 24.7 Å². The number of nitrogens with one attached hydrogen (secondary N) is 2. The Bertz CT molecular complexity index is 1040. The molecule has 37 heavy (non-hydrogen) atoms. The Morgan fingerprint density at radius 2 is 1.97 bits per heavy atom. The van der Waals surface area contributed by atoms with Gasteiger partial charge >= 0.3 is 5.97 Å². The second-order valence-electron chi connectivity index (χ2n) is 8.96. The summed E-state index contributed by atoms with van der Waals surface area (Å²) in [5.41, 5.74) is 6.86. The summed E-state index contributed by atoms with van der Waals surface area (Å²) >= 11 is 0. The minimum Gasteiger partial charge on any atom is -0.465 e. The van der Waals surface area contributed by atoms with Crippen LogP contribution in [0.5, 0.6) is 0 Å². The zero-order valence-corrected chi connectivity index (χ0v) is 23.2. The average molecular weight is 557 g/mol. The lowest BCUT2D eigenvalue weighted by atomic mass is 10.1. The van der Waals surface area contributed by atoms with Crippen LogP contribution in [0, 0.1) is 0 Å². The van der Waals surface area contributed by atoms with Gasteiger partial charge in [0.2, 0.25) is 11.8 Å². The molecule has 2 heterocycles. The van der Waals surface area contributed by atoms with Gasteiger partial charge in [-0.3, -0.25) is 19.7 Å². The van der Waals surface area contributed by atoms with E-state index in [4.69, 9.17) is 10.5 Å². The molecule has 206 valence electrons. The molecule has 1 aromatic heterocycles. The number of hydrogen-bond donors (Lipinski definition) is 3. The fourth-order valence-electron chi connectivity index (χ4n) is 4.37. The van der Waals surface area contributed by atoms with Crippen molar-refractivity contribution in [2.45, 2.75) is 71.0 Å². The quantitative estimate of drug-likeness (QED) is 0.342. The number of pyridine rings is 1. The van der Waals surface area contributed by atoms with Gasteiger partial charge in [0.1, 0.15) is 11.9 Å². The number of nitrogen functional groups attached to an aromatic ring is 1. The number of aromatic nitrogens is 1. The number of fused-ring (bicyclic) bond motifs is 1. The first-order chi connectivity index (χ1) is 16.9. The van der Waals surface area contributed by atoms with Gasteiger partial charge in [0.05, 0.1) is 19.2 Å². The predicted octanol–water partition coefficient (Wildman–Crippen LogP) is 3.37. The van der Waals surface area contributed by atoms with E-state index in [9.17, 15) is 14.4 Å². The monoisotopic (exact) mass is 555 g/mol. The molecule has 2 atom stereocenters. The number of amides is 2. The van der Waals surface area contributed by atoms with E-state index in [0.29, 0.717) is 38.4 Å². The van der Waals surface area contributed by atoms with Gasteiger partial charge in [-0.05, 0) is 48.8 Å². The molecule has 1 aromatic carbocycles. The predicted molar refractivity (Wildman–Crippen MR) is 150 cm³/mol. The van der Waals surface area contributed by atoms with Gasteiger partial charge < -0.3 is 20.7 Å². The molecule has 3 rings (SSSR count). The van der Waals surface area contributed by atoms with Crippen LogP contribution in [0.1, 0.15) is 57.9 Å². The first-order valence-corrected chi connectivity index (χ1v) is 12.5. The number of ether oxygens (including phenoxy) is 1. The maximum Gasteiger partial charge on any atom is 0.319 e. The number of hydrogen-bond acceptors (Lipinski definition) is 7. The second kappa shape index (κ2) is 16.3. The molecule has 0 saturated carbocycles. The highest BCUT2D eigenvalue weighted by molar-refractivity contribution is 5.92. The normalized spacial score (nSPS) is 15.4. The third-order valence-electron chi connectivity index (χ3n) is 6.27. The average Bonchev–Trinajstić information content (AvgIpc) is 3.36. The second-order valence-corrected chi connectivity index (χ2v) is 8.96. The van der Waals surface area contributed by atoms with Gasteiger partial charge in [-0.2, -0.15) is 0 Å². The van der Waals surface area contributed by atoms with E-state index < -0.39 is 12.1 Å². The van der Waals surface area contributed by atoms with Crippen molar-refractivity contribution < 1.29 is 19.1 Å². The maximum absolute atomic E-state index is 13.4. The van der Waals surface area contributed by atoms with Crippen molar-refractivity contribution in [3.8, 4) is 0 Å². The van der Waals surface area contributed by atoms with Gasteiger partial charge in [0.25, 0.3) is 0 Å². The highest BCUT2D eigenvalue weighted by Crippen LogP contribution is 2.22. The molecule has 2 aromatic rings. The van der Waals surface area contributed by atoms with Gasteiger partial charge in [-0.1, -0.05) is 38.8 Å². The zero-order chi connectivity index (χ0) is 25.2. The van der Waals surface area contributed by atoms with E-state index in [1.165, 1.54) is 0 Å².